The molecule has 1 saturated heterocycles. The first-order valence-corrected chi connectivity index (χ1v) is 10.6. The number of aryl methyl sites for hydroxylation is 1. The molecule has 5 heteroatoms. The van der Waals surface area contributed by atoms with Crippen LogP contribution in [0.2, 0.25) is 0 Å². The van der Waals surface area contributed by atoms with E-state index in [1.807, 2.05) is 4.90 Å². The predicted molar refractivity (Wildman–Crippen MR) is 119 cm³/mol. The number of carbonyl (C=O) groups is 1. The van der Waals surface area contributed by atoms with E-state index in [4.69, 9.17) is 4.99 Å². The van der Waals surface area contributed by atoms with Crippen LogP contribution in [0.4, 0.5) is 0 Å². The summed E-state index contributed by atoms with van der Waals surface area (Å²) in [4.78, 5) is 18.5. The van der Waals surface area contributed by atoms with E-state index >= 15 is 0 Å². The summed E-state index contributed by atoms with van der Waals surface area (Å²) in [7, 11) is 0. The van der Waals surface area contributed by atoms with E-state index in [0.29, 0.717) is 19.5 Å². The van der Waals surface area contributed by atoms with Crippen molar-refractivity contribution in [2.75, 3.05) is 13.1 Å². The largest absolute Gasteiger partial charge is 0.357 e. The van der Waals surface area contributed by atoms with Crippen molar-refractivity contribution in [1.82, 2.24) is 15.5 Å². The molecule has 0 radical (unpaired) electrons. The number of hydrogen-bond donors (Lipinski definition) is 2. The van der Waals surface area contributed by atoms with E-state index in [0.717, 1.165) is 44.0 Å². The zero-order chi connectivity index (χ0) is 20.5. The molecular weight excluding hydrogens is 360 g/mol. The van der Waals surface area contributed by atoms with Crippen molar-refractivity contribution in [1.29, 1.82) is 0 Å². The van der Waals surface area contributed by atoms with E-state index in [1.165, 1.54) is 16.7 Å². The number of hydrogen-bond acceptors (Lipinski definition) is 2. The van der Waals surface area contributed by atoms with Gasteiger partial charge >= 0.3 is 0 Å². The Kier molecular flexibility index (Phi) is 7.68. The minimum Gasteiger partial charge on any atom is -0.357 e. The van der Waals surface area contributed by atoms with Crippen LogP contribution < -0.4 is 10.6 Å². The number of nitrogens with one attached hydrogen (secondary N) is 2. The maximum absolute atomic E-state index is 11.8. The number of benzene rings is 2. The monoisotopic (exact) mass is 392 g/mol. The van der Waals surface area contributed by atoms with Gasteiger partial charge in [0.25, 0.3) is 0 Å². The van der Waals surface area contributed by atoms with Gasteiger partial charge in [0.15, 0.2) is 5.96 Å². The van der Waals surface area contributed by atoms with Gasteiger partial charge in [-0.2, -0.15) is 0 Å². The first-order valence-electron chi connectivity index (χ1n) is 10.6. The van der Waals surface area contributed by atoms with Crippen molar-refractivity contribution in [2.45, 2.75) is 52.7 Å². The van der Waals surface area contributed by atoms with Crippen LogP contribution in [-0.4, -0.2) is 29.9 Å². The summed E-state index contributed by atoms with van der Waals surface area (Å²) in [5.74, 6) is 1.09. The van der Waals surface area contributed by atoms with Crippen LogP contribution in [0.5, 0.6) is 0 Å². The van der Waals surface area contributed by atoms with E-state index in [9.17, 15) is 4.79 Å². The van der Waals surface area contributed by atoms with Gasteiger partial charge in [-0.25, -0.2) is 4.99 Å². The Morgan fingerprint density at radius 3 is 2.38 bits per heavy atom. The van der Waals surface area contributed by atoms with Crippen molar-refractivity contribution in [3.8, 4) is 0 Å². The lowest BCUT2D eigenvalue weighted by Crippen LogP contribution is -2.37. The van der Waals surface area contributed by atoms with E-state index in [2.05, 4.69) is 73.0 Å². The number of likely N-dealkylation sites (tertiary alicyclic amines) is 1. The number of aliphatic imine (C=N–C) groups is 1. The van der Waals surface area contributed by atoms with Crippen LogP contribution >= 0.6 is 0 Å². The number of guanidine groups is 1. The third-order valence-corrected chi connectivity index (χ3v) is 5.28. The fourth-order valence-electron chi connectivity index (χ4n) is 3.61. The molecule has 0 spiro atoms. The van der Waals surface area contributed by atoms with Crippen molar-refractivity contribution in [2.24, 2.45) is 4.99 Å². The maximum Gasteiger partial charge on any atom is 0.222 e. The summed E-state index contributed by atoms with van der Waals surface area (Å²) in [5.41, 5.74) is 5.01. The van der Waals surface area contributed by atoms with Gasteiger partial charge in [-0.05, 0) is 42.0 Å². The third-order valence-electron chi connectivity index (χ3n) is 5.28. The molecule has 1 amide bonds. The summed E-state index contributed by atoms with van der Waals surface area (Å²) >= 11 is 0. The lowest BCUT2D eigenvalue weighted by atomic mass is 10.1. The first-order chi connectivity index (χ1) is 14.2. The summed E-state index contributed by atoms with van der Waals surface area (Å²) in [6.45, 7) is 8.05. The zero-order valence-electron chi connectivity index (χ0n) is 17.6. The number of carbonyl (C=O) groups excluding carboxylic acids is 1. The van der Waals surface area contributed by atoms with Crippen LogP contribution in [0.3, 0.4) is 0 Å². The van der Waals surface area contributed by atoms with Crippen LogP contribution in [-0.2, 0) is 30.8 Å². The van der Waals surface area contributed by atoms with Crippen molar-refractivity contribution in [3.05, 3.63) is 70.8 Å². The number of nitrogens with zero attached hydrogens (tertiary/aromatic N) is 2. The molecule has 29 heavy (non-hydrogen) atoms. The summed E-state index contributed by atoms with van der Waals surface area (Å²) in [5, 5.41) is 6.76. The molecular formula is C24H32N4O. The van der Waals surface area contributed by atoms with E-state index in [1.54, 1.807) is 0 Å². The van der Waals surface area contributed by atoms with E-state index in [-0.39, 0.29) is 5.91 Å². The molecule has 0 aromatic heterocycles. The molecule has 3 rings (SSSR count). The van der Waals surface area contributed by atoms with Gasteiger partial charge in [0.2, 0.25) is 5.91 Å². The first kappa shape index (κ1) is 20.9. The predicted octanol–water partition coefficient (Wildman–Crippen LogP) is 3.63. The molecule has 2 aromatic rings. The van der Waals surface area contributed by atoms with Gasteiger partial charge in [0.05, 0.1) is 6.54 Å². The van der Waals surface area contributed by atoms with Crippen LogP contribution in [0.1, 0.15) is 48.9 Å². The fourth-order valence-corrected chi connectivity index (χ4v) is 3.61. The Morgan fingerprint density at radius 2 is 1.72 bits per heavy atom. The minimum atomic E-state index is 0.268. The Morgan fingerprint density at radius 1 is 1.00 bits per heavy atom. The van der Waals surface area contributed by atoms with Gasteiger partial charge in [0.1, 0.15) is 0 Å². The average Bonchev–Trinajstić information content (AvgIpc) is 3.15. The highest BCUT2D eigenvalue weighted by Gasteiger charge is 2.19. The molecule has 1 aliphatic rings. The average molecular weight is 393 g/mol. The third kappa shape index (κ3) is 6.08. The van der Waals surface area contributed by atoms with Gasteiger partial charge in [-0.1, -0.05) is 55.5 Å². The lowest BCUT2D eigenvalue weighted by Gasteiger charge is -2.15. The van der Waals surface area contributed by atoms with Gasteiger partial charge < -0.3 is 15.5 Å². The molecule has 1 fully saturated rings. The quantitative estimate of drug-likeness (QED) is 0.533. The van der Waals surface area contributed by atoms with Gasteiger partial charge in [0, 0.05) is 32.6 Å². The molecule has 0 aliphatic carbocycles. The summed E-state index contributed by atoms with van der Waals surface area (Å²) < 4.78 is 0. The van der Waals surface area contributed by atoms with Crippen LogP contribution in [0, 0.1) is 0 Å². The molecule has 2 N–H and O–H groups in total. The zero-order valence-corrected chi connectivity index (χ0v) is 17.6. The van der Waals surface area contributed by atoms with Gasteiger partial charge in [-0.15, -0.1) is 0 Å². The highest BCUT2D eigenvalue weighted by molar-refractivity contribution is 5.79. The van der Waals surface area contributed by atoms with Crippen LogP contribution in [0.15, 0.2) is 53.5 Å². The molecule has 0 atom stereocenters. The molecule has 0 unspecified atom stereocenters. The SMILES string of the molecule is CCNC(=NCc1ccc(CN2CCCC2=O)cc1)NCc1ccccc1CC. The molecule has 0 bridgehead atoms. The van der Waals surface area contributed by atoms with Crippen molar-refractivity contribution in [3.63, 3.8) is 0 Å². The lowest BCUT2D eigenvalue weighted by molar-refractivity contribution is -0.128. The highest BCUT2D eigenvalue weighted by atomic mass is 16.2. The van der Waals surface area contributed by atoms with Gasteiger partial charge in [-0.3, -0.25) is 4.79 Å². The summed E-state index contributed by atoms with van der Waals surface area (Å²) in [6.07, 6.45) is 2.70. The normalized spacial score (nSPS) is 14.3. The standard InChI is InChI=1S/C24H32N4O/c1-3-21-8-5-6-9-22(21)17-27-24(25-4-2)26-16-19-11-13-20(14-12-19)18-28-15-7-10-23(28)29/h5-6,8-9,11-14H,3-4,7,10,15-18H2,1-2H3,(H2,25,26,27). The highest BCUT2D eigenvalue weighted by Crippen LogP contribution is 2.15. The molecule has 0 saturated carbocycles. The molecule has 1 aliphatic heterocycles. The second-order valence-corrected chi connectivity index (χ2v) is 7.41. The fraction of sp³-hybridized carbons (Fsp3) is 0.417. The second kappa shape index (κ2) is 10.6. The Labute approximate surface area is 174 Å². The van der Waals surface area contributed by atoms with Crippen LogP contribution in [0.25, 0.3) is 0 Å². The number of amides is 1. The molecule has 1 heterocycles. The smallest absolute Gasteiger partial charge is 0.222 e. The summed E-state index contributed by atoms with van der Waals surface area (Å²) in [6, 6.07) is 16.9. The molecule has 154 valence electrons. The van der Waals surface area contributed by atoms with Crippen molar-refractivity contribution < 1.29 is 4.79 Å². The molecule has 5 nitrogen and oxygen atoms in total. The topological polar surface area (TPSA) is 56.7 Å². The Bertz CT molecular complexity index is 829. The van der Waals surface area contributed by atoms with Crippen molar-refractivity contribution >= 4 is 11.9 Å². The molecule has 2 aromatic carbocycles. The maximum atomic E-state index is 11.8. The Balaban J connectivity index is 1.57. The van der Waals surface area contributed by atoms with E-state index < -0.39 is 0 Å². The Hall–Kier alpha value is -2.82. The second-order valence-electron chi connectivity index (χ2n) is 7.41. The number of rotatable bonds is 8. The minimum absolute atomic E-state index is 0.268.